The number of ether oxygens (including phenoxy) is 1. The fourth-order valence-electron chi connectivity index (χ4n) is 2.91. The maximum absolute atomic E-state index is 12.4. The van der Waals surface area contributed by atoms with Gasteiger partial charge >= 0.3 is 0 Å². The van der Waals surface area contributed by atoms with Gasteiger partial charge in [0, 0.05) is 30.9 Å². The van der Waals surface area contributed by atoms with Crippen LogP contribution in [0.3, 0.4) is 0 Å². The van der Waals surface area contributed by atoms with E-state index in [-0.39, 0.29) is 18.6 Å². The van der Waals surface area contributed by atoms with Crippen LogP contribution in [0.1, 0.15) is 12.0 Å². The lowest BCUT2D eigenvalue weighted by molar-refractivity contribution is -0.124. The Morgan fingerprint density at radius 2 is 2.00 bits per heavy atom. The molecule has 0 saturated carbocycles. The molecule has 5 nitrogen and oxygen atoms in total. The van der Waals surface area contributed by atoms with Gasteiger partial charge in [0.25, 0.3) is 0 Å². The first-order valence-corrected chi connectivity index (χ1v) is 8.63. The van der Waals surface area contributed by atoms with E-state index >= 15 is 0 Å². The van der Waals surface area contributed by atoms with Crippen LogP contribution in [0.5, 0.6) is 5.75 Å². The van der Waals surface area contributed by atoms with Crippen molar-refractivity contribution in [1.82, 2.24) is 4.90 Å². The zero-order valence-electron chi connectivity index (χ0n) is 14.5. The van der Waals surface area contributed by atoms with Gasteiger partial charge in [0.15, 0.2) is 6.61 Å². The summed E-state index contributed by atoms with van der Waals surface area (Å²) in [6, 6.07) is 19.6. The van der Waals surface area contributed by atoms with Gasteiger partial charge in [-0.2, -0.15) is 5.26 Å². The molecule has 26 heavy (non-hydrogen) atoms. The monoisotopic (exact) mass is 347 g/mol. The van der Waals surface area contributed by atoms with Crippen molar-refractivity contribution in [2.45, 2.75) is 12.5 Å². The second kappa shape index (κ2) is 8.72. The lowest BCUT2D eigenvalue weighted by Crippen LogP contribution is -2.30. The van der Waals surface area contributed by atoms with Crippen LogP contribution < -0.4 is 10.1 Å². The number of benzene rings is 2. The molecule has 0 aromatic heterocycles. The number of hydrogen-bond donors (Lipinski definition) is 1. The topological polar surface area (TPSA) is 65.4 Å². The quantitative estimate of drug-likeness (QED) is 0.814. The number of nitrogens with one attached hydrogen (secondary N) is 1. The second-order valence-electron chi connectivity index (χ2n) is 6.13. The molecule has 1 N–H and O–H groups in total. The molecule has 0 spiro atoms. The molecular weight excluding hydrogens is 326 g/mol. The van der Waals surface area contributed by atoms with Crippen molar-refractivity contribution in [1.29, 1.82) is 5.26 Å². The Hall–Kier alpha value is -3.26. The molecular formula is C21H21N3O2. The van der Waals surface area contributed by atoms with Crippen molar-refractivity contribution in [2.24, 2.45) is 0 Å². The number of carbonyl (C=O) groups is 1. The fraction of sp³-hybridized carbons (Fsp3) is 0.238. The highest BCUT2D eigenvalue weighted by Crippen LogP contribution is 2.17. The number of amides is 1. The Labute approximate surface area is 153 Å². The third kappa shape index (κ3) is 4.87. The van der Waals surface area contributed by atoms with E-state index in [1.807, 2.05) is 53.4 Å². The molecule has 1 saturated heterocycles. The molecule has 5 heteroatoms. The van der Waals surface area contributed by atoms with Crippen molar-refractivity contribution >= 4 is 17.7 Å². The first kappa shape index (κ1) is 17.6. The van der Waals surface area contributed by atoms with Crippen LogP contribution in [0, 0.1) is 11.3 Å². The summed E-state index contributed by atoms with van der Waals surface area (Å²) < 4.78 is 5.21. The predicted octanol–water partition coefficient (Wildman–Crippen LogP) is 3.32. The predicted molar refractivity (Wildman–Crippen MR) is 102 cm³/mol. The summed E-state index contributed by atoms with van der Waals surface area (Å²) in [5.41, 5.74) is 2.00. The minimum atomic E-state index is 0.0205. The molecule has 2 aromatic carbocycles. The maximum Gasteiger partial charge on any atom is 0.246 e. The van der Waals surface area contributed by atoms with Gasteiger partial charge in [-0.15, -0.1) is 0 Å². The third-order valence-electron chi connectivity index (χ3n) is 4.25. The van der Waals surface area contributed by atoms with Crippen LogP contribution in [0.4, 0.5) is 5.69 Å². The highest BCUT2D eigenvalue weighted by Gasteiger charge is 2.24. The highest BCUT2D eigenvalue weighted by atomic mass is 16.5. The number of anilines is 1. The summed E-state index contributed by atoms with van der Waals surface area (Å²) in [6.07, 6.45) is 4.35. The van der Waals surface area contributed by atoms with E-state index in [9.17, 15) is 4.79 Å². The van der Waals surface area contributed by atoms with Gasteiger partial charge in [0.05, 0.1) is 0 Å². The molecule has 1 heterocycles. The Balaban J connectivity index is 1.50. The fourth-order valence-corrected chi connectivity index (χ4v) is 2.91. The smallest absolute Gasteiger partial charge is 0.246 e. The van der Waals surface area contributed by atoms with Crippen molar-refractivity contribution in [3.05, 3.63) is 66.2 Å². The van der Waals surface area contributed by atoms with Crippen LogP contribution in [0.25, 0.3) is 6.08 Å². The van der Waals surface area contributed by atoms with Gasteiger partial charge in [-0.3, -0.25) is 4.79 Å². The SMILES string of the molecule is N#CCOc1ccc(/C=C/C(=O)N2CCC(Nc3ccccc3)C2)cc1. The van der Waals surface area contributed by atoms with Crippen LogP contribution in [0.15, 0.2) is 60.7 Å². The van der Waals surface area contributed by atoms with E-state index in [1.54, 1.807) is 24.3 Å². The molecule has 1 fully saturated rings. The molecule has 132 valence electrons. The number of nitrogens with zero attached hydrogens (tertiary/aromatic N) is 2. The summed E-state index contributed by atoms with van der Waals surface area (Å²) in [7, 11) is 0. The van der Waals surface area contributed by atoms with E-state index < -0.39 is 0 Å². The summed E-state index contributed by atoms with van der Waals surface area (Å²) >= 11 is 0. The van der Waals surface area contributed by atoms with E-state index in [4.69, 9.17) is 10.00 Å². The molecule has 0 aliphatic carbocycles. The van der Waals surface area contributed by atoms with Crippen LogP contribution in [-0.2, 0) is 4.79 Å². The van der Waals surface area contributed by atoms with E-state index in [0.29, 0.717) is 12.3 Å². The third-order valence-corrected chi connectivity index (χ3v) is 4.25. The summed E-state index contributed by atoms with van der Waals surface area (Å²) in [4.78, 5) is 14.2. The van der Waals surface area contributed by atoms with Crippen molar-refractivity contribution in [3.63, 3.8) is 0 Å². The van der Waals surface area contributed by atoms with E-state index in [1.165, 1.54) is 0 Å². The number of likely N-dealkylation sites (tertiary alicyclic amines) is 1. The van der Waals surface area contributed by atoms with Crippen LogP contribution in [-0.4, -0.2) is 36.5 Å². The average Bonchev–Trinajstić information content (AvgIpc) is 3.14. The standard InChI is InChI=1S/C21H21N3O2/c22-13-15-26-20-9-6-17(7-10-20)8-11-21(25)24-14-12-19(16-24)23-18-4-2-1-3-5-18/h1-11,19,23H,12,14-16H2/b11-8+. The van der Waals surface area contributed by atoms with Gasteiger partial charge in [-0.25, -0.2) is 0 Å². The number of rotatable bonds is 6. The largest absolute Gasteiger partial charge is 0.479 e. The summed E-state index contributed by atoms with van der Waals surface area (Å²) in [6.45, 7) is 1.49. The van der Waals surface area contributed by atoms with E-state index in [0.717, 1.165) is 24.2 Å². The molecule has 2 aromatic rings. The number of hydrogen-bond acceptors (Lipinski definition) is 4. The van der Waals surface area contributed by atoms with Gasteiger partial charge < -0.3 is 15.0 Å². The molecule has 3 rings (SSSR count). The van der Waals surface area contributed by atoms with Crippen molar-refractivity contribution in [3.8, 4) is 11.8 Å². The average molecular weight is 347 g/mol. The summed E-state index contributed by atoms with van der Waals surface area (Å²) in [5.74, 6) is 0.663. The van der Waals surface area contributed by atoms with Crippen molar-refractivity contribution < 1.29 is 9.53 Å². The summed E-state index contributed by atoms with van der Waals surface area (Å²) in [5, 5.41) is 12.0. The molecule has 1 unspecified atom stereocenters. The first-order valence-electron chi connectivity index (χ1n) is 8.63. The molecule has 1 aliphatic rings. The first-order chi connectivity index (χ1) is 12.7. The molecule has 0 bridgehead atoms. The molecule has 1 aliphatic heterocycles. The zero-order chi connectivity index (χ0) is 18.2. The Morgan fingerprint density at radius 3 is 2.73 bits per heavy atom. The lowest BCUT2D eigenvalue weighted by Gasteiger charge is -2.16. The van der Waals surface area contributed by atoms with Crippen LogP contribution in [0.2, 0.25) is 0 Å². The Kier molecular flexibility index (Phi) is 5.89. The molecule has 0 radical (unpaired) electrons. The van der Waals surface area contributed by atoms with Gasteiger partial charge in [-0.05, 0) is 42.3 Å². The highest BCUT2D eigenvalue weighted by molar-refractivity contribution is 5.92. The van der Waals surface area contributed by atoms with Gasteiger partial charge in [0.2, 0.25) is 5.91 Å². The normalized spacial score (nSPS) is 16.4. The number of para-hydroxylation sites is 1. The van der Waals surface area contributed by atoms with E-state index in [2.05, 4.69) is 5.32 Å². The lowest BCUT2D eigenvalue weighted by atomic mass is 10.2. The van der Waals surface area contributed by atoms with Crippen LogP contribution >= 0.6 is 0 Å². The van der Waals surface area contributed by atoms with Gasteiger partial charge in [-0.1, -0.05) is 30.3 Å². The Bertz CT molecular complexity index is 794. The van der Waals surface area contributed by atoms with Gasteiger partial charge in [0.1, 0.15) is 11.8 Å². The number of nitriles is 1. The number of carbonyl (C=O) groups excluding carboxylic acids is 1. The zero-order valence-corrected chi connectivity index (χ0v) is 14.5. The van der Waals surface area contributed by atoms with Crippen molar-refractivity contribution in [2.75, 3.05) is 25.0 Å². The minimum absolute atomic E-state index is 0.0205. The molecule has 1 amide bonds. The minimum Gasteiger partial charge on any atom is -0.479 e. The maximum atomic E-state index is 12.4. The second-order valence-corrected chi connectivity index (χ2v) is 6.13. The Morgan fingerprint density at radius 1 is 1.23 bits per heavy atom. The molecule has 1 atom stereocenters.